The quantitative estimate of drug-likeness (QED) is 0.833. The number of halogens is 1. The molecule has 0 aromatic heterocycles. The largest absolute Gasteiger partial charge is 0.494 e. The highest BCUT2D eigenvalue weighted by Crippen LogP contribution is 2.35. The van der Waals surface area contributed by atoms with Crippen molar-refractivity contribution < 1.29 is 13.9 Å². The van der Waals surface area contributed by atoms with E-state index in [0.29, 0.717) is 18.4 Å². The summed E-state index contributed by atoms with van der Waals surface area (Å²) < 4.78 is 19.2. The molecule has 3 rings (SSSR count). The van der Waals surface area contributed by atoms with Gasteiger partial charge in [-0.05, 0) is 42.0 Å². The Kier molecular flexibility index (Phi) is 4.84. The fraction of sp³-hybridized carbons (Fsp3) is 0.350. The molecule has 126 valence electrons. The van der Waals surface area contributed by atoms with Crippen molar-refractivity contribution in [2.75, 3.05) is 14.2 Å². The smallest absolute Gasteiger partial charge is 0.223 e. The van der Waals surface area contributed by atoms with Crippen molar-refractivity contribution in [3.05, 3.63) is 65.0 Å². The number of methoxy groups -OCH3 is 1. The topological polar surface area (TPSA) is 29.5 Å². The second-order valence-electron chi connectivity index (χ2n) is 6.19. The molecule has 4 heteroatoms. The molecule has 2 aromatic carbocycles. The summed E-state index contributed by atoms with van der Waals surface area (Å²) in [6, 6.07) is 13.4. The van der Waals surface area contributed by atoms with E-state index < -0.39 is 0 Å². The summed E-state index contributed by atoms with van der Waals surface area (Å²) in [5.74, 6) is -0.112. The van der Waals surface area contributed by atoms with Gasteiger partial charge in [0.2, 0.25) is 5.91 Å². The zero-order valence-electron chi connectivity index (χ0n) is 14.1. The van der Waals surface area contributed by atoms with Crippen LogP contribution in [0.15, 0.2) is 42.5 Å². The summed E-state index contributed by atoms with van der Waals surface area (Å²) in [5, 5.41) is 0. The second kappa shape index (κ2) is 7.04. The summed E-state index contributed by atoms with van der Waals surface area (Å²) in [6.07, 6.45) is 2.62. The number of carbonyl (C=O) groups excluding carboxylic acids is 1. The SMILES string of the molecule is COc1cccc(CCC(=O)N(C)C2CCc3ccccc32)c1F. The molecule has 3 nitrogen and oxygen atoms in total. The third-order valence-corrected chi connectivity index (χ3v) is 4.83. The first-order chi connectivity index (χ1) is 11.6. The number of aryl methyl sites for hydroxylation is 2. The maximum absolute atomic E-state index is 14.2. The summed E-state index contributed by atoms with van der Waals surface area (Å²) in [6.45, 7) is 0. The molecule has 0 bridgehead atoms. The summed E-state index contributed by atoms with van der Waals surface area (Å²) in [5.41, 5.74) is 3.07. The number of rotatable bonds is 5. The minimum atomic E-state index is -0.373. The average Bonchev–Trinajstić information content (AvgIpc) is 3.04. The Balaban J connectivity index is 1.66. The van der Waals surface area contributed by atoms with Crippen LogP contribution in [-0.4, -0.2) is 25.0 Å². The van der Waals surface area contributed by atoms with Crippen LogP contribution in [0.1, 0.15) is 35.6 Å². The molecular formula is C20H22FNO2. The Hall–Kier alpha value is -2.36. The van der Waals surface area contributed by atoms with Crippen molar-refractivity contribution in [3.63, 3.8) is 0 Å². The van der Waals surface area contributed by atoms with Crippen molar-refractivity contribution in [2.45, 2.75) is 31.7 Å². The maximum atomic E-state index is 14.2. The highest BCUT2D eigenvalue weighted by molar-refractivity contribution is 5.77. The van der Waals surface area contributed by atoms with Gasteiger partial charge < -0.3 is 9.64 Å². The fourth-order valence-corrected chi connectivity index (χ4v) is 3.44. The zero-order chi connectivity index (χ0) is 17.1. The number of carbonyl (C=O) groups is 1. The predicted octanol–water partition coefficient (Wildman–Crippen LogP) is 3.91. The van der Waals surface area contributed by atoms with Crippen molar-refractivity contribution in [2.24, 2.45) is 0 Å². The zero-order valence-corrected chi connectivity index (χ0v) is 14.1. The van der Waals surface area contributed by atoms with Gasteiger partial charge in [0.1, 0.15) is 0 Å². The maximum Gasteiger partial charge on any atom is 0.223 e. The van der Waals surface area contributed by atoms with Crippen LogP contribution < -0.4 is 4.74 Å². The first kappa shape index (κ1) is 16.5. The number of ether oxygens (including phenoxy) is 1. The Bertz CT molecular complexity index is 744. The number of benzene rings is 2. The molecule has 1 unspecified atom stereocenters. The van der Waals surface area contributed by atoms with Gasteiger partial charge in [0.05, 0.1) is 13.2 Å². The van der Waals surface area contributed by atoms with Crippen LogP contribution in [0.3, 0.4) is 0 Å². The number of fused-ring (bicyclic) bond motifs is 1. The summed E-state index contributed by atoms with van der Waals surface area (Å²) >= 11 is 0. The molecule has 0 radical (unpaired) electrons. The predicted molar refractivity (Wildman–Crippen MR) is 91.5 cm³/mol. The number of nitrogens with zero attached hydrogens (tertiary/aromatic N) is 1. The lowest BCUT2D eigenvalue weighted by atomic mass is 10.1. The molecule has 0 saturated heterocycles. The first-order valence-electron chi connectivity index (χ1n) is 8.26. The van der Waals surface area contributed by atoms with Gasteiger partial charge in [-0.3, -0.25) is 4.79 Å². The van der Waals surface area contributed by atoms with Gasteiger partial charge >= 0.3 is 0 Å². The second-order valence-corrected chi connectivity index (χ2v) is 6.19. The molecule has 24 heavy (non-hydrogen) atoms. The van der Waals surface area contributed by atoms with E-state index in [-0.39, 0.29) is 23.5 Å². The molecule has 0 fully saturated rings. The average molecular weight is 327 g/mol. The number of hydrogen-bond acceptors (Lipinski definition) is 2. The van der Waals surface area contributed by atoms with Crippen molar-refractivity contribution in [3.8, 4) is 5.75 Å². The third kappa shape index (κ3) is 3.14. The summed E-state index contributed by atoms with van der Waals surface area (Å²) in [7, 11) is 3.29. The van der Waals surface area contributed by atoms with E-state index in [1.807, 2.05) is 24.1 Å². The van der Waals surface area contributed by atoms with Crippen LogP contribution in [0.4, 0.5) is 4.39 Å². The van der Waals surface area contributed by atoms with E-state index in [1.165, 1.54) is 18.2 Å². The fourth-order valence-electron chi connectivity index (χ4n) is 3.44. The van der Waals surface area contributed by atoms with Gasteiger partial charge in [0, 0.05) is 13.5 Å². The Morgan fingerprint density at radius 1 is 1.25 bits per heavy atom. The summed E-state index contributed by atoms with van der Waals surface area (Å²) in [4.78, 5) is 14.4. The molecule has 2 aromatic rings. The molecular weight excluding hydrogens is 305 g/mol. The highest BCUT2D eigenvalue weighted by atomic mass is 19.1. The van der Waals surface area contributed by atoms with Gasteiger partial charge in [0.15, 0.2) is 11.6 Å². The van der Waals surface area contributed by atoms with Crippen molar-refractivity contribution in [1.82, 2.24) is 4.90 Å². The molecule has 0 spiro atoms. The van der Waals surface area contributed by atoms with Gasteiger partial charge in [-0.25, -0.2) is 4.39 Å². The van der Waals surface area contributed by atoms with E-state index in [0.717, 1.165) is 12.8 Å². The van der Waals surface area contributed by atoms with E-state index >= 15 is 0 Å². The lowest BCUT2D eigenvalue weighted by Crippen LogP contribution is -2.30. The normalized spacial score (nSPS) is 15.9. The molecule has 0 N–H and O–H groups in total. The monoisotopic (exact) mass is 327 g/mol. The molecule has 1 aliphatic carbocycles. The molecule has 0 aliphatic heterocycles. The Morgan fingerprint density at radius 3 is 2.83 bits per heavy atom. The molecule has 1 atom stereocenters. The van der Waals surface area contributed by atoms with Crippen LogP contribution in [0.25, 0.3) is 0 Å². The van der Waals surface area contributed by atoms with Gasteiger partial charge in [-0.15, -0.1) is 0 Å². The lowest BCUT2D eigenvalue weighted by molar-refractivity contribution is -0.132. The van der Waals surface area contributed by atoms with E-state index in [2.05, 4.69) is 12.1 Å². The van der Waals surface area contributed by atoms with E-state index in [9.17, 15) is 9.18 Å². The van der Waals surface area contributed by atoms with Crippen molar-refractivity contribution in [1.29, 1.82) is 0 Å². The Morgan fingerprint density at radius 2 is 2.04 bits per heavy atom. The number of hydrogen-bond donors (Lipinski definition) is 0. The third-order valence-electron chi connectivity index (χ3n) is 4.83. The van der Waals surface area contributed by atoms with Crippen LogP contribution in [0.2, 0.25) is 0 Å². The minimum Gasteiger partial charge on any atom is -0.494 e. The van der Waals surface area contributed by atoms with Gasteiger partial charge in [-0.2, -0.15) is 0 Å². The van der Waals surface area contributed by atoms with Crippen LogP contribution in [-0.2, 0) is 17.6 Å². The van der Waals surface area contributed by atoms with Crippen molar-refractivity contribution >= 4 is 5.91 Å². The van der Waals surface area contributed by atoms with Gasteiger partial charge in [0.25, 0.3) is 0 Å². The molecule has 1 amide bonds. The van der Waals surface area contributed by atoms with Gasteiger partial charge in [-0.1, -0.05) is 36.4 Å². The lowest BCUT2D eigenvalue weighted by Gasteiger charge is -2.25. The number of amides is 1. The van der Waals surface area contributed by atoms with Crippen LogP contribution >= 0.6 is 0 Å². The first-order valence-corrected chi connectivity index (χ1v) is 8.26. The molecule has 0 saturated carbocycles. The van der Waals surface area contributed by atoms with E-state index in [4.69, 9.17) is 4.74 Å². The van der Waals surface area contributed by atoms with Crippen LogP contribution in [0.5, 0.6) is 5.75 Å². The van der Waals surface area contributed by atoms with E-state index in [1.54, 1.807) is 18.2 Å². The Labute approximate surface area is 142 Å². The van der Waals surface area contributed by atoms with Crippen LogP contribution in [0, 0.1) is 5.82 Å². The minimum absolute atomic E-state index is 0.0407. The molecule has 1 aliphatic rings. The standard InChI is InChI=1S/C20H22FNO2/c1-22(17-12-10-14-6-3-4-8-16(14)17)19(23)13-11-15-7-5-9-18(24-2)20(15)21/h3-9,17H,10-13H2,1-2H3. The molecule has 0 heterocycles. The highest BCUT2D eigenvalue weighted by Gasteiger charge is 2.28.